The predicted molar refractivity (Wildman–Crippen MR) is 112 cm³/mol. The van der Waals surface area contributed by atoms with E-state index in [9.17, 15) is 5.11 Å². The third kappa shape index (κ3) is 2.59. The monoisotopic (exact) mass is 419 g/mol. The summed E-state index contributed by atoms with van der Waals surface area (Å²) in [5.74, 6) is -0.273. The van der Waals surface area contributed by atoms with E-state index in [-0.39, 0.29) is 22.7 Å². The molecular weight excluding hydrogens is 380 g/mol. The molecule has 5 fully saturated rings. The van der Waals surface area contributed by atoms with Gasteiger partial charge in [0.05, 0.1) is 33.9 Å². The van der Waals surface area contributed by atoms with Crippen LogP contribution in [0.5, 0.6) is 0 Å². The summed E-state index contributed by atoms with van der Waals surface area (Å²) in [4.78, 5) is 0. The molecule has 3 saturated carbocycles. The number of rotatable bonds is 1. The maximum absolute atomic E-state index is 11.5. The van der Waals surface area contributed by atoms with Crippen molar-refractivity contribution in [2.75, 3.05) is 26.4 Å². The molecule has 5 heteroatoms. The minimum Gasteiger partial charge on any atom is -0.393 e. The van der Waals surface area contributed by atoms with E-state index < -0.39 is 17.7 Å². The summed E-state index contributed by atoms with van der Waals surface area (Å²) in [6.45, 7) is 9.37. The van der Waals surface area contributed by atoms with Crippen LogP contribution in [0.2, 0.25) is 0 Å². The lowest BCUT2D eigenvalue weighted by atomic mass is 9.46. The predicted octanol–water partition coefficient (Wildman–Crippen LogP) is 4.04. The second-order valence-electron chi connectivity index (χ2n) is 11.4. The Bertz CT molecular complexity index is 783. The Kier molecular flexibility index (Phi) is 4.15. The van der Waals surface area contributed by atoms with Gasteiger partial charge in [-0.25, -0.2) is 0 Å². The van der Waals surface area contributed by atoms with Gasteiger partial charge in [0.15, 0.2) is 11.6 Å². The molecule has 6 aliphatic rings. The van der Waals surface area contributed by atoms with E-state index in [0.29, 0.717) is 44.7 Å². The fourth-order valence-corrected chi connectivity index (χ4v) is 8.69. The SMILES string of the molecule is [2H][C@@]1(O)C[C@H](C2(C)OCCO2)[C@@]2(C)CC[C@H]3[C@@H](CC=C4CC5(CC[C@@]43C)OCCO5)[C@@H]21. The van der Waals surface area contributed by atoms with Gasteiger partial charge in [-0.1, -0.05) is 25.5 Å². The van der Waals surface area contributed by atoms with Gasteiger partial charge in [0, 0.05) is 18.8 Å². The van der Waals surface area contributed by atoms with E-state index >= 15 is 0 Å². The summed E-state index contributed by atoms with van der Waals surface area (Å²) >= 11 is 0. The van der Waals surface area contributed by atoms with Gasteiger partial charge in [0.1, 0.15) is 0 Å². The Morgan fingerprint density at radius 1 is 1.00 bits per heavy atom. The van der Waals surface area contributed by atoms with Crippen LogP contribution >= 0.6 is 0 Å². The first-order chi connectivity index (χ1) is 14.6. The topological polar surface area (TPSA) is 57.2 Å². The summed E-state index contributed by atoms with van der Waals surface area (Å²) in [7, 11) is 0. The highest BCUT2D eigenvalue weighted by atomic mass is 16.7. The van der Waals surface area contributed by atoms with E-state index in [4.69, 9.17) is 20.3 Å². The molecule has 1 N–H and O–H groups in total. The second kappa shape index (κ2) is 6.54. The molecule has 6 rings (SSSR count). The van der Waals surface area contributed by atoms with Gasteiger partial charge in [-0.2, -0.15) is 0 Å². The average Bonchev–Trinajstić information content (AvgIpc) is 3.41. The fourth-order valence-electron chi connectivity index (χ4n) is 8.69. The number of ether oxygens (including phenoxy) is 4. The summed E-state index contributed by atoms with van der Waals surface area (Å²) < 4.78 is 33.3. The van der Waals surface area contributed by atoms with Crippen molar-refractivity contribution in [2.45, 2.75) is 83.4 Å². The molecule has 0 amide bonds. The zero-order valence-electron chi connectivity index (χ0n) is 19.7. The zero-order valence-corrected chi connectivity index (χ0v) is 18.7. The van der Waals surface area contributed by atoms with Gasteiger partial charge in [-0.15, -0.1) is 0 Å². The molecule has 168 valence electrons. The molecule has 2 heterocycles. The molecule has 0 radical (unpaired) electrons. The number of fused-ring (bicyclic) bond motifs is 5. The largest absolute Gasteiger partial charge is 0.393 e. The average molecular weight is 420 g/mol. The highest BCUT2D eigenvalue weighted by molar-refractivity contribution is 5.27. The second-order valence-corrected chi connectivity index (χ2v) is 11.4. The van der Waals surface area contributed by atoms with Crippen LogP contribution in [-0.2, 0) is 18.9 Å². The Balaban J connectivity index is 1.34. The van der Waals surface area contributed by atoms with E-state index in [1.54, 1.807) is 0 Å². The van der Waals surface area contributed by atoms with Gasteiger partial charge < -0.3 is 24.1 Å². The van der Waals surface area contributed by atoms with Crippen molar-refractivity contribution < 1.29 is 25.4 Å². The molecule has 5 nitrogen and oxygen atoms in total. The highest BCUT2D eigenvalue weighted by Crippen LogP contribution is 2.68. The molecule has 0 bridgehead atoms. The van der Waals surface area contributed by atoms with Gasteiger partial charge >= 0.3 is 0 Å². The molecule has 2 saturated heterocycles. The molecule has 2 aliphatic heterocycles. The van der Waals surface area contributed by atoms with Crippen molar-refractivity contribution in [3.05, 3.63) is 11.6 Å². The summed E-state index contributed by atoms with van der Waals surface area (Å²) in [6, 6.07) is 0. The third-order valence-corrected chi connectivity index (χ3v) is 10.2. The van der Waals surface area contributed by atoms with Crippen molar-refractivity contribution in [1.82, 2.24) is 0 Å². The van der Waals surface area contributed by atoms with E-state index in [1.807, 2.05) is 6.92 Å². The first-order valence-electron chi connectivity index (χ1n) is 12.6. The van der Waals surface area contributed by atoms with E-state index in [0.717, 1.165) is 38.5 Å². The van der Waals surface area contributed by atoms with Crippen molar-refractivity contribution in [1.29, 1.82) is 0 Å². The molecule has 1 spiro atoms. The number of hydrogen-bond donors (Lipinski definition) is 1. The minimum atomic E-state index is -1.43. The van der Waals surface area contributed by atoms with Crippen LogP contribution < -0.4 is 0 Å². The summed E-state index contributed by atoms with van der Waals surface area (Å²) in [5.41, 5.74) is 1.46. The summed E-state index contributed by atoms with van der Waals surface area (Å²) in [5, 5.41) is 11.5. The van der Waals surface area contributed by atoms with Crippen molar-refractivity contribution in [3.8, 4) is 0 Å². The molecule has 0 unspecified atom stereocenters. The van der Waals surface area contributed by atoms with Crippen molar-refractivity contribution >= 4 is 0 Å². The third-order valence-electron chi connectivity index (χ3n) is 10.2. The number of hydrogen-bond acceptors (Lipinski definition) is 5. The molecule has 4 aliphatic carbocycles. The van der Waals surface area contributed by atoms with Crippen LogP contribution in [0.3, 0.4) is 0 Å². The lowest BCUT2D eigenvalue weighted by Crippen LogP contribution is -2.55. The Morgan fingerprint density at radius 2 is 1.70 bits per heavy atom. The Labute approximate surface area is 181 Å². The number of allylic oxidation sites excluding steroid dienone is 1. The van der Waals surface area contributed by atoms with Crippen LogP contribution in [0, 0.1) is 34.5 Å². The minimum absolute atomic E-state index is 0.0454. The van der Waals surface area contributed by atoms with Crippen LogP contribution in [0.25, 0.3) is 0 Å². The van der Waals surface area contributed by atoms with Gasteiger partial charge in [0.2, 0.25) is 0 Å². The standard InChI is InChI=1S/C25H38O5/c1-22-8-9-25(29-12-13-30-25)15-16(22)4-5-17-18(22)6-7-23(2)20(14-19(26)21(17)23)24(3)27-10-11-28-24/h4,17-21,26H,5-15H2,1-3H3/t17-,18+,19-,20+,21-,22+,23-/m1/s1/i19D. The first-order valence-corrected chi connectivity index (χ1v) is 12.1. The van der Waals surface area contributed by atoms with Gasteiger partial charge in [0.25, 0.3) is 0 Å². The van der Waals surface area contributed by atoms with E-state index in [2.05, 4.69) is 19.9 Å². The molecule has 0 aromatic heterocycles. The highest BCUT2D eigenvalue weighted by Gasteiger charge is 2.66. The quantitative estimate of drug-likeness (QED) is 0.650. The molecule has 30 heavy (non-hydrogen) atoms. The van der Waals surface area contributed by atoms with Crippen molar-refractivity contribution in [3.63, 3.8) is 0 Å². The van der Waals surface area contributed by atoms with Crippen LogP contribution in [0.4, 0.5) is 0 Å². The zero-order chi connectivity index (χ0) is 21.7. The summed E-state index contributed by atoms with van der Waals surface area (Å²) in [6.07, 6.45) is 7.42. The van der Waals surface area contributed by atoms with Crippen LogP contribution in [0.15, 0.2) is 11.6 Å². The molecular formula is C25H38O5. The Morgan fingerprint density at radius 3 is 2.43 bits per heavy atom. The number of aliphatic hydroxyl groups is 1. The lowest BCUT2D eigenvalue weighted by molar-refractivity contribution is -0.217. The molecule has 7 atom stereocenters. The molecule has 0 aromatic carbocycles. The van der Waals surface area contributed by atoms with E-state index in [1.165, 1.54) is 5.57 Å². The fraction of sp³-hybridized carbons (Fsp3) is 0.920. The van der Waals surface area contributed by atoms with Gasteiger partial charge in [-0.05, 0) is 67.6 Å². The first kappa shape index (κ1) is 19.0. The smallest absolute Gasteiger partial charge is 0.172 e. The van der Waals surface area contributed by atoms with Gasteiger partial charge in [-0.3, -0.25) is 0 Å². The maximum Gasteiger partial charge on any atom is 0.172 e. The lowest BCUT2D eigenvalue weighted by Gasteiger charge is -2.59. The van der Waals surface area contributed by atoms with Crippen LogP contribution in [-0.4, -0.2) is 49.2 Å². The van der Waals surface area contributed by atoms with Crippen LogP contribution in [0.1, 0.15) is 67.1 Å². The Hall–Kier alpha value is -0.460. The molecule has 0 aromatic rings. The van der Waals surface area contributed by atoms with Crippen molar-refractivity contribution in [2.24, 2.45) is 34.5 Å². The maximum atomic E-state index is 11.5. The normalized spacial score (nSPS) is 54.3.